The lowest BCUT2D eigenvalue weighted by atomic mass is 10.1. The third-order valence-corrected chi connectivity index (χ3v) is 4.27. The van der Waals surface area contributed by atoms with Crippen molar-refractivity contribution in [1.29, 1.82) is 0 Å². The number of nitrogens with zero attached hydrogens (tertiary/aromatic N) is 2. The van der Waals surface area contributed by atoms with Gasteiger partial charge in [0, 0.05) is 36.4 Å². The number of alkyl halides is 3. The van der Waals surface area contributed by atoms with E-state index in [1.54, 1.807) is 25.3 Å². The molecule has 0 aliphatic carbocycles. The van der Waals surface area contributed by atoms with Gasteiger partial charge in [-0.05, 0) is 43.3 Å². The van der Waals surface area contributed by atoms with Crippen molar-refractivity contribution in [2.75, 3.05) is 17.7 Å². The first-order chi connectivity index (χ1) is 15.1. The van der Waals surface area contributed by atoms with Crippen molar-refractivity contribution in [3.05, 3.63) is 77.0 Å². The zero-order valence-corrected chi connectivity index (χ0v) is 16.8. The summed E-state index contributed by atoms with van der Waals surface area (Å²) in [6.07, 6.45) is -2.03. The van der Waals surface area contributed by atoms with Crippen molar-refractivity contribution in [3.8, 4) is 0 Å². The molecule has 0 saturated carbocycles. The van der Waals surface area contributed by atoms with Gasteiger partial charge in [0.1, 0.15) is 5.82 Å². The summed E-state index contributed by atoms with van der Waals surface area (Å²) < 4.78 is 52.7. The van der Waals surface area contributed by atoms with Crippen LogP contribution < -0.4 is 16.0 Å². The third kappa shape index (κ3) is 5.36. The van der Waals surface area contributed by atoms with Gasteiger partial charge in [0.2, 0.25) is 0 Å². The highest BCUT2D eigenvalue weighted by Crippen LogP contribution is 2.31. The normalized spacial score (nSPS) is 11.1. The molecule has 7 nitrogen and oxygen atoms in total. The maximum atomic E-state index is 13.7. The molecule has 166 valence electrons. The highest BCUT2D eigenvalue weighted by molar-refractivity contribution is 6.07. The largest absolute Gasteiger partial charge is 0.416 e. The van der Waals surface area contributed by atoms with E-state index in [-0.39, 0.29) is 17.1 Å². The van der Waals surface area contributed by atoms with E-state index in [1.807, 2.05) is 0 Å². The minimum absolute atomic E-state index is 0.00313. The van der Waals surface area contributed by atoms with Crippen LogP contribution in [0.3, 0.4) is 0 Å². The molecular weight excluding hydrogens is 430 g/mol. The molecule has 0 fully saturated rings. The van der Waals surface area contributed by atoms with E-state index in [0.717, 1.165) is 0 Å². The molecule has 0 saturated heterocycles. The summed E-state index contributed by atoms with van der Waals surface area (Å²) in [5.41, 5.74) is -0.489. The molecule has 2 aromatic heterocycles. The number of pyridine rings is 2. The van der Waals surface area contributed by atoms with E-state index in [4.69, 9.17) is 0 Å². The van der Waals surface area contributed by atoms with Gasteiger partial charge >= 0.3 is 6.18 Å². The molecule has 0 radical (unpaired) electrons. The predicted octanol–water partition coefficient (Wildman–Crippen LogP) is 4.30. The third-order valence-electron chi connectivity index (χ3n) is 4.27. The second-order valence-corrected chi connectivity index (χ2v) is 6.69. The molecule has 0 spiro atoms. The summed E-state index contributed by atoms with van der Waals surface area (Å²) in [6, 6.07) is 6.14. The van der Waals surface area contributed by atoms with Gasteiger partial charge in [0.05, 0.1) is 16.8 Å². The Balaban J connectivity index is 1.98. The monoisotopic (exact) mass is 447 g/mol. The second-order valence-electron chi connectivity index (χ2n) is 6.69. The Labute approximate surface area is 179 Å². The fourth-order valence-corrected chi connectivity index (χ4v) is 2.77. The molecule has 0 aliphatic rings. The van der Waals surface area contributed by atoms with Crippen LogP contribution in [-0.4, -0.2) is 28.8 Å². The summed E-state index contributed by atoms with van der Waals surface area (Å²) in [7, 11) is 1.40. The number of anilines is 3. The van der Waals surface area contributed by atoms with Crippen molar-refractivity contribution in [1.82, 2.24) is 15.3 Å². The van der Waals surface area contributed by atoms with Crippen LogP contribution in [0.15, 0.2) is 48.8 Å². The zero-order chi connectivity index (χ0) is 23.5. The number of aromatic nitrogens is 2. The van der Waals surface area contributed by atoms with E-state index in [1.165, 1.54) is 19.3 Å². The van der Waals surface area contributed by atoms with E-state index in [2.05, 4.69) is 25.9 Å². The number of carbonyl (C=O) groups excluding carboxylic acids is 2. The van der Waals surface area contributed by atoms with Gasteiger partial charge in [0.25, 0.3) is 11.8 Å². The molecule has 0 bridgehead atoms. The number of carbonyl (C=O) groups is 2. The molecule has 3 N–H and O–H groups in total. The van der Waals surface area contributed by atoms with Crippen molar-refractivity contribution in [2.45, 2.75) is 13.1 Å². The Morgan fingerprint density at radius 3 is 2.38 bits per heavy atom. The van der Waals surface area contributed by atoms with Gasteiger partial charge in [-0.25, -0.2) is 9.37 Å². The first-order valence-electron chi connectivity index (χ1n) is 9.18. The van der Waals surface area contributed by atoms with Crippen LogP contribution in [0.2, 0.25) is 0 Å². The van der Waals surface area contributed by atoms with Crippen molar-refractivity contribution >= 4 is 29.0 Å². The van der Waals surface area contributed by atoms with Crippen molar-refractivity contribution < 1.29 is 27.2 Å². The van der Waals surface area contributed by atoms with Crippen molar-refractivity contribution in [3.63, 3.8) is 0 Å². The molecule has 1 aromatic carbocycles. The number of benzene rings is 1. The highest BCUT2D eigenvalue weighted by Gasteiger charge is 2.32. The SMILES string of the molecule is CNC(=O)c1cnc(Nc2ccnc(C)c2)c(NC(=O)c2cc(F)cc(C(F)(F)F)c2)c1. The predicted molar refractivity (Wildman–Crippen MR) is 109 cm³/mol. The number of rotatable bonds is 5. The lowest BCUT2D eigenvalue weighted by molar-refractivity contribution is -0.137. The maximum absolute atomic E-state index is 13.7. The van der Waals surface area contributed by atoms with E-state index in [9.17, 15) is 27.2 Å². The summed E-state index contributed by atoms with van der Waals surface area (Å²) in [5, 5.41) is 7.75. The molecular formula is C21H17F4N5O2. The summed E-state index contributed by atoms with van der Waals surface area (Å²) in [6.45, 7) is 1.76. The van der Waals surface area contributed by atoms with Gasteiger partial charge in [-0.3, -0.25) is 14.6 Å². The van der Waals surface area contributed by atoms with Gasteiger partial charge in [-0.1, -0.05) is 0 Å². The molecule has 0 atom stereocenters. The van der Waals surface area contributed by atoms with Crippen LogP contribution in [0, 0.1) is 12.7 Å². The average Bonchev–Trinajstić information content (AvgIpc) is 2.73. The Morgan fingerprint density at radius 2 is 1.72 bits per heavy atom. The first kappa shape index (κ1) is 22.7. The molecule has 2 amide bonds. The van der Waals surface area contributed by atoms with Crippen LogP contribution >= 0.6 is 0 Å². The van der Waals surface area contributed by atoms with E-state index < -0.39 is 34.9 Å². The topological polar surface area (TPSA) is 96.0 Å². The van der Waals surface area contributed by atoms with E-state index >= 15 is 0 Å². The number of hydrogen-bond acceptors (Lipinski definition) is 5. The van der Waals surface area contributed by atoms with Crippen LogP contribution in [0.1, 0.15) is 32.0 Å². The fourth-order valence-electron chi connectivity index (χ4n) is 2.77. The number of aryl methyl sites for hydroxylation is 1. The minimum atomic E-state index is -4.83. The molecule has 32 heavy (non-hydrogen) atoms. The minimum Gasteiger partial charge on any atom is -0.355 e. The molecule has 0 unspecified atom stereocenters. The summed E-state index contributed by atoms with van der Waals surface area (Å²) >= 11 is 0. The molecule has 0 aliphatic heterocycles. The standard InChI is InChI=1S/C21H17F4N5O2/c1-11-5-16(3-4-27-11)29-18-17(8-13(10-28-18)19(31)26-2)30-20(32)12-6-14(21(23,24)25)9-15(22)7-12/h3-10H,1-2H3,(H,26,31)(H,30,32)(H,27,28,29). The molecule has 3 rings (SSSR count). The maximum Gasteiger partial charge on any atom is 0.416 e. The molecule has 11 heteroatoms. The Hall–Kier alpha value is -4.02. The van der Waals surface area contributed by atoms with Crippen LogP contribution in [0.4, 0.5) is 34.8 Å². The Kier molecular flexibility index (Phi) is 6.37. The highest BCUT2D eigenvalue weighted by atomic mass is 19.4. The number of hydrogen-bond donors (Lipinski definition) is 3. The second kappa shape index (κ2) is 9.00. The fraction of sp³-hybridized carbons (Fsp3) is 0.143. The lowest BCUT2D eigenvalue weighted by Gasteiger charge is -2.14. The quantitative estimate of drug-likeness (QED) is 0.507. The zero-order valence-electron chi connectivity index (χ0n) is 16.8. The first-order valence-corrected chi connectivity index (χ1v) is 9.18. The van der Waals surface area contributed by atoms with Crippen molar-refractivity contribution in [2.24, 2.45) is 0 Å². The van der Waals surface area contributed by atoms with Crippen LogP contribution in [0.25, 0.3) is 0 Å². The van der Waals surface area contributed by atoms with Crippen LogP contribution in [0.5, 0.6) is 0 Å². The smallest absolute Gasteiger partial charge is 0.355 e. The molecule has 2 heterocycles. The molecule has 3 aromatic rings. The number of amides is 2. The Morgan fingerprint density at radius 1 is 0.969 bits per heavy atom. The number of nitrogens with one attached hydrogen (secondary N) is 3. The number of halogens is 4. The lowest BCUT2D eigenvalue weighted by Crippen LogP contribution is -2.20. The van der Waals surface area contributed by atoms with Gasteiger partial charge in [-0.2, -0.15) is 13.2 Å². The summed E-state index contributed by atoms with van der Waals surface area (Å²) in [4.78, 5) is 32.8. The van der Waals surface area contributed by atoms with Gasteiger partial charge < -0.3 is 16.0 Å². The average molecular weight is 447 g/mol. The van der Waals surface area contributed by atoms with Gasteiger partial charge in [-0.15, -0.1) is 0 Å². The van der Waals surface area contributed by atoms with Gasteiger partial charge in [0.15, 0.2) is 5.82 Å². The summed E-state index contributed by atoms with van der Waals surface area (Å²) in [5.74, 6) is -2.61. The Bertz CT molecular complexity index is 1180. The van der Waals surface area contributed by atoms with Crippen LogP contribution in [-0.2, 0) is 6.18 Å². The van der Waals surface area contributed by atoms with E-state index in [0.29, 0.717) is 29.6 Å².